The van der Waals surface area contributed by atoms with Crippen LogP contribution in [-0.2, 0) is 16.6 Å². The molecule has 0 spiro atoms. The summed E-state index contributed by atoms with van der Waals surface area (Å²) < 4.78 is 0. The Morgan fingerprint density at radius 1 is 1.05 bits per heavy atom. The van der Waals surface area contributed by atoms with Crippen LogP contribution in [0.15, 0.2) is 48.5 Å². The predicted molar refractivity (Wildman–Crippen MR) is 88.3 cm³/mol. The monoisotopic (exact) mass is 282 g/mol. The normalized spacial score (nSPS) is 11.2. The summed E-state index contributed by atoms with van der Waals surface area (Å²) in [7, 11) is 0. The highest BCUT2D eigenvalue weighted by atomic mass is 16.1. The first-order valence-corrected chi connectivity index (χ1v) is 7.10. The maximum absolute atomic E-state index is 12.2. The molecule has 1 amide bonds. The summed E-state index contributed by atoms with van der Waals surface area (Å²) in [5, 5.41) is 3.01. The van der Waals surface area contributed by atoms with E-state index in [1.54, 1.807) is 0 Å². The van der Waals surface area contributed by atoms with Gasteiger partial charge in [0.1, 0.15) is 0 Å². The van der Waals surface area contributed by atoms with Crippen molar-refractivity contribution in [3.05, 3.63) is 59.7 Å². The topological polar surface area (TPSA) is 55.1 Å². The Hall–Kier alpha value is -2.29. The minimum atomic E-state index is -0.0172. The molecule has 0 radical (unpaired) electrons. The van der Waals surface area contributed by atoms with Crippen LogP contribution in [0.4, 0.5) is 11.4 Å². The van der Waals surface area contributed by atoms with Gasteiger partial charge in [-0.25, -0.2) is 0 Å². The van der Waals surface area contributed by atoms with Gasteiger partial charge in [-0.15, -0.1) is 0 Å². The zero-order chi connectivity index (χ0) is 15.5. The highest BCUT2D eigenvalue weighted by Crippen LogP contribution is 2.29. The van der Waals surface area contributed by atoms with Gasteiger partial charge in [-0.3, -0.25) is 4.79 Å². The maximum atomic E-state index is 12.2. The van der Waals surface area contributed by atoms with Gasteiger partial charge in [0.25, 0.3) is 0 Å². The second-order valence-corrected chi connectivity index (χ2v) is 6.26. The lowest BCUT2D eigenvalue weighted by molar-refractivity contribution is -0.115. The third-order valence-electron chi connectivity index (χ3n) is 3.35. The van der Waals surface area contributed by atoms with E-state index in [0.29, 0.717) is 12.1 Å². The van der Waals surface area contributed by atoms with Gasteiger partial charge in [0, 0.05) is 11.4 Å². The lowest BCUT2D eigenvalue weighted by Crippen LogP contribution is -2.19. The van der Waals surface area contributed by atoms with Gasteiger partial charge < -0.3 is 11.1 Å². The van der Waals surface area contributed by atoms with Crippen molar-refractivity contribution in [2.24, 2.45) is 0 Å². The van der Waals surface area contributed by atoms with Crippen LogP contribution in [0.2, 0.25) is 0 Å². The minimum Gasteiger partial charge on any atom is -0.399 e. The minimum absolute atomic E-state index is 0.00886. The number of amides is 1. The number of carbonyl (C=O) groups excluding carboxylic acids is 1. The Bertz CT molecular complexity index is 624. The number of hydrogen-bond acceptors (Lipinski definition) is 2. The number of rotatable bonds is 3. The highest BCUT2D eigenvalue weighted by Gasteiger charge is 2.18. The molecule has 0 bridgehead atoms. The third-order valence-corrected chi connectivity index (χ3v) is 3.35. The summed E-state index contributed by atoms with van der Waals surface area (Å²) in [6, 6.07) is 15.3. The summed E-state index contributed by atoms with van der Waals surface area (Å²) in [4.78, 5) is 12.2. The molecule has 0 aliphatic carbocycles. The summed E-state index contributed by atoms with van der Waals surface area (Å²) in [6.07, 6.45) is 0.346. The van der Waals surface area contributed by atoms with Crippen LogP contribution in [0, 0.1) is 0 Å². The van der Waals surface area contributed by atoms with Crippen molar-refractivity contribution in [1.29, 1.82) is 0 Å². The van der Waals surface area contributed by atoms with Crippen LogP contribution in [0.3, 0.4) is 0 Å². The van der Waals surface area contributed by atoms with E-state index >= 15 is 0 Å². The van der Waals surface area contributed by atoms with Crippen molar-refractivity contribution in [3.8, 4) is 0 Å². The first-order valence-electron chi connectivity index (χ1n) is 7.10. The van der Waals surface area contributed by atoms with Gasteiger partial charge in [0.15, 0.2) is 0 Å². The number of nitrogens with one attached hydrogen (secondary N) is 1. The summed E-state index contributed by atoms with van der Waals surface area (Å²) in [5.74, 6) is -0.0172. The lowest BCUT2D eigenvalue weighted by Gasteiger charge is -2.23. The Morgan fingerprint density at radius 3 is 2.29 bits per heavy atom. The van der Waals surface area contributed by atoms with Crippen molar-refractivity contribution in [1.82, 2.24) is 0 Å². The van der Waals surface area contributed by atoms with E-state index in [4.69, 9.17) is 5.73 Å². The van der Waals surface area contributed by atoms with E-state index in [2.05, 4.69) is 32.2 Å². The average molecular weight is 282 g/mol. The van der Waals surface area contributed by atoms with E-state index in [9.17, 15) is 4.79 Å². The fourth-order valence-corrected chi connectivity index (χ4v) is 2.26. The largest absolute Gasteiger partial charge is 0.399 e. The second kappa shape index (κ2) is 6.00. The van der Waals surface area contributed by atoms with Gasteiger partial charge in [-0.2, -0.15) is 0 Å². The molecule has 0 aliphatic heterocycles. The van der Waals surface area contributed by atoms with Gasteiger partial charge >= 0.3 is 0 Å². The van der Waals surface area contributed by atoms with E-state index in [0.717, 1.165) is 16.8 Å². The number of hydrogen-bond donors (Lipinski definition) is 2. The number of benzene rings is 2. The average Bonchev–Trinajstić information content (AvgIpc) is 2.41. The van der Waals surface area contributed by atoms with Crippen LogP contribution in [0.1, 0.15) is 31.9 Å². The molecule has 0 saturated carbocycles. The van der Waals surface area contributed by atoms with Crippen LogP contribution in [0.25, 0.3) is 0 Å². The molecule has 0 aromatic heterocycles. The SMILES string of the molecule is CC(C)(C)c1ccccc1NC(=O)Cc1ccc(N)cc1. The molecule has 0 heterocycles. The molecular formula is C18H22N2O. The van der Waals surface area contributed by atoms with E-state index < -0.39 is 0 Å². The fraction of sp³-hybridized carbons (Fsp3) is 0.278. The third kappa shape index (κ3) is 4.09. The Morgan fingerprint density at radius 2 is 1.67 bits per heavy atom. The number of nitrogens with two attached hydrogens (primary N) is 1. The van der Waals surface area contributed by atoms with Crippen molar-refractivity contribution in [2.45, 2.75) is 32.6 Å². The maximum Gasteiger partial charge on any atom is 0.228 e. The molecule has 0 atom stereocenters. The van der Waals surface area contributed by atoms with E-state index in [1.165, 1.54) is 0 Å². The van der Waals surface area contributed by atoms with Crippen molar-refractivity contribution >= 4 is 17.3 Å². The van der Waals surface area contributed by atoms with E-state index in [1.807, 2.05) is 42.5 Å². The van der Waals surface area contributed by atoms with E-state index in [-0.39, 0.29) is 11.3 Å². The smallest absolute Gasteiger partial charge is 0.228 e. The van der Waals surface area contributed by atoms with Crippen molar-refractivity contribution < 1.29 is 4.79 Å². The number of nitrogen functional groups attached to an aromatic ring is 1. The Kier molecular flexibility index (Phi) is 4.32. The molecule has 0 saturated heterocycles. The Labute approximate surface area is 126 Å². The highest BCUT2D eigenvalue weighted by molar-refractivity contribution is 5.93. The molecule has 110 valence electrons. The molecular weight excluding hydrogens is 260 g/mol. The molecule has 0 aliphatic rings. The standard InChI is InChI=1S/C18H22N2O/c1-18(2,3)15-6-4-5-7-16(15)20-17(21)12-13-8-10-14(19)11-9-13/h4-11H,12,19H2,1-3H3,(H,20,21). The molecule has 2 aromatic rings. The predicted octanol–water partition coefficient (Wildman–Crippen LogP) is 3.75. The quantitative estimate of drug-likeness (QED) is 0.842. The van der Waals surface area contributed by atoms with Crippen LogP contribution >= 0.6 is 0 Å². The fourth-order valence-electron chi connectivity index (χ4n) is 2.26. The van der Waals surface area contributed by atoms with Gasteiger partial charge in [0.05, 0.1) is 6.42 Å². The summed E-state index contributed by atoms with van der Waals surface area (Å²) in [5.41, 5.74) is 9.31. The second-order valence-electron chi connectivity index (χ2n) is 6.26. The number of carbonyl (C=O) groups is 1. The van der Waals surface area contributed by atoms with Gasteiger partial charge in [0.2, 0.25) is 5.91 Å². The van der Waals surface area contributed by atoms with Gasteiger partial charge in [-0.1, -0.05) is 51.1 Å². The molecule has 3 heteroatoms. The molecule has 3 nitrogen and oxygen atoms in total. The summed E-state index contributed by atoms with van der Waals surface area (Å²) in [6.45, 7) is 6.41. The van der Waals surface area contributed by atoms with Gasteiger partial charge in [-0.05, 0) is 34.7 Å². The number of para-hydroxylation sites is 1. The molecule has 21 heavy (non-hydrogen) atoms. The zero-order valence-corrected chi connectivity index (χ0v) is 12.8. The molecule has 0 fully saturated rings. The molecule has 3 N–H and O–H groups in total. The van der Waals surface area contributed by atoms with Crippen LogP contribution in [-0.4, -0.2) is 5.91 Å². The molecule has 2 aromatic carbocycles. The first-order chi connectivity index (χ1) is 9.86. The van der Waals surface area contributed by atoms with Crippen LogP contribution in [0.5, 0.6) is 0 Å². The summed E-state index contributed by atoms with van der Waals surface area (Å²) >= 11 is 0. The van der Waals surface area contributed by atoms with Crippen molar-refractivity contribution in [2.75, 3.05) is 11.1 Å². The zero-order valence-electron chi connectivity index (χ0n) is 12.8. The molecule has 2 rings (SSSR count). The van der Waals surface area contributed by atoms with Crippen molar-refractivity contribution in [3.63, 3.8) is 0 Å². The molecule has 0 unspecified atom stereocenters. The van der Waals surface area contributed by atoms with Crippen LogP contribution < -0.4 is 11.1 Å². The number of anilines is 2. The first kappa shape index (κ1) is 15.1. The Balaban J connectivity index is 2.11. The lowest BCUT2D eigenvalue weighted by atomic mass is 9.86.